The van der Waals surface area contributed by atoms with Crippen LogP contribution in [-0.4, -0.2) is 26.6 Å². The van der Waals surface area contributed by atoms with Crippen molar-refractivity contribution in [2.45, 2.75) is 18.2 Å². The van der Waals surface area contributed by atoms with Gasteiger partial charge in [-0.25, -0.2) is 13.1 Å². The molecule has 0 radical (unpaired) electrons. The van der Waals surface area contributed by atoms with Gasteiger partial charge in [0, 0.05) is 12.6 Å². The molecule has 0 saturated carbocycles. The van der Waals surface area contributed by atoms with Crippen LogP contribution in [0.1, 0.15) is 12.0 Å². The molecule has 0 aliphatic carbocycles. The van der Waals surface area contributed by atoms with Crippen molar-refractivity contribution < 1.29 is 22.1 Å². The Labute approximate surface area is 108 Å². The summed E-state index contributed by atoms with van der Waals surface area (Å²) in [7, 11) is -4.02. The van der Waals surface area contributed by atoms with Crippen molar-refractivity contribution in [2.24, 2.45) is 0 Å². The molecule has 0 atom stereocenters. The van der Waals surface area contributed by atoms with Crippen molar-refractivity contribution in [2.75, 3.05) is 13.2 Å². The van der Waals surface area contributed by atoms with Crippen LogP contribution in [0.4, 0.5) is 14.5 Å². The van der Waals surface area contributed by atoms with Gasteiger partial charge in [-0.1, -0.05) is 0 Å². The predicted molar refractivity (Wildman–Crippen MR) is 63.6 cm³/mol. The highest BCUT2D eigenvalue weighted by molar-refractivity contribution is 7.89. The summed E-state index contributed by atoms with van der Waals surface area (Å²) in [6.07, 6.45) is -0.0124. The van der Waals surface area contributed by atoms with E-state index >= 15 is 0 Å². The van der Waals surface area contributed by atoms with Gasteiger partial charge in [-0.2, -0.15) is 4.39 Å². The average Bonchev–Trinajstić information content (AvgIpc) is 2.32. The van der Waals surface area contributed by atoms with Crippen LogP contribution in [0.5, 0.6) is 0 Å². The van der Waals surface area contributed by atoms with Crippen LogP contribution in [-0.2, 0) is 10.0 Å². The van der Waals surface area contributed by atoms with E-state index in [2.05, 4.69) is 4.72 Å². The van der Waals surface area contributed by atoms with Gasteiger partial charge in [0.1, 0.15) is 0 Å². The van der Waals surface area contributed by atoms with Crippen LogP contribution < -0.4 is 4.72 Å². The minimum absolute atomic E-state index is 0.0124. The molecule has 1 N–H and O–H groups in total. The van der Waals surface area contributed by atoms with E-state index in [1.807, 2.05) is 0 Å². The summed E-state index contributed by atoms with van der Waals surface area (Å²) in [5, 5.41) is 10.6. The number of benzene rings is 1. The number of alkyl halides is 1. The van der Waals surface area contributed by atoms with E-state index in [1.165, 1.54) is 6.92 Å². The number of aryl methyl sites for hydroxylation is 1. The first-order valence-corrected chi connectivity index (χ1v) is 6.78. The Hall–Kier alpha value is -1.61. The Kier molecular flexibility index (Phi) is 4.90. The maximum Gasteiger partial charge on any atom is 0.306 e. The van der Waals surface area contributed by atoms with Crippen LogP contribution in [0.2, 0.25) is 0 Å². The Morgan fingerprint density at radius 1 is 1.42 bits per heavy atom. The zero-order valence-electron chi connectivity index (χ0n) is 10.0. The number of sulfonamides is 1. The number of nitrogens with zero attached hydrogens (tertiary/aromatic N) is 1. The molecule has 0 aliphatic heterocycles. The van der Waals surface area contributed by atoms with Crippen LogP contribution in [0.3, 0.4) is 0 Å². The summed E-state index contributed by atoms with van der Waals surface area (Å²) < 4.78 is 50.9. The molecule has 0 fully saturated rings. The third kappa shape index (κ3) is 3.67. The van der Waals surface area contributed by atoms with E-state index in [0.29, 0.717) is 6.07 Å². The molecule has 0 saturated heterocycles. The molecule has 106 valence electrons. The van der Waals surface area contributed by atoms with Gasteiger partial charge in [0.05, 0.1) is 16.5 Å². The molecule has 0 aromatic heterocycles. The fraction of sp³-hybridized carbons (Fsp3) is 0.400. The second-order valence-corrected chi connectivity index (χ2v) is 5.54. The molecule has 0 amide bonds. The molecule has 1 aromatic rings. The number of nitro groups is 1. The smallest absolute Gasteiger partial charge is 0.258 e. The van der Waals surface area contributed by atoms with E-state index in [4.69, 9.17) is 0 Å². The van der Waals surface area contributed by atoms with Gasteiger partial charge >= 0.3 is 5.69 Å². The molecule has 0 unspecified atom stereocenters. The molecule has 0 aliphatic rings. The first-order chi connectivity index (χ1) is 8.79. The molecule has 0 heterocycles. The van der Waals surface area contributed by atoms with Crippen LogP contribution in [0, 0.1) is 22.9 Å². The molecule has 9 heteroatoms. The Bertz CT molecular complexity index is 589. The number of nitro benzene ring substituents is 1. The van der Waals surface area contributed by atoms with E-state index in [0.717, 1.165) is 6.07 Å². The lowest BCUT2D eigenvalue weighted by Crippen LogP contribution is -2.25. The van der Waals surface area contributed by atoms with Crippen LogP contribution in [0.25, 0.3) is 0 Å². The van der Waals surface area contributed by atoms with Gasteiger partial charge in [-0.3, -0.25) is 14.5 Å². The quantitative estimate of drug-likeness (QED) is 0.491. The summed E-state index contributed by atoms with van der Waals surface area (Å²) in [4.78, 5) is 9.20. The maximum absolute atomic E-state index is 13.4. The average molecular weight is 294 g/mol. The summed E-state index contributed by atoms with van der Waals surface area (Å²) >= 11 is 0. The zero-order chi connectivity index (χ0) is 14.6. The molecule has 6 nitrogen and oxygen atoms in total. The van der Waals surface area contributed by atoms with Crippen molar-refractivity contribution >= 4 is 15.7 Å². The number of hydrogen-bond acceptors (Lipinski definition) is 4. The van der Waals surface area contributed by atoms with Gasteiger partial charge in [0.15, 0.2) is 0 Å². The normalized spacial score (nSPS) is 11.5. The molecular formula is C10H12F2N2O4S. The van der Waals surface area contributed by atoms with Crippen molar-refractivity contribution in [1.82, 2.24) is 4.72 Å². The summed E-state index contributed by atoms with van der Waals surface area (Å²) in [6, 6.07) is 1.63. The van der Waals surface area contributed by atoms with Crippen molar-refractivity contribution in [3.8, 4) is 0 Å². The second-order valence-electron chi connectivity index (χ2n) is 3.77. The Balaban J connectivity index is 3.17. The van der Waals surface area contributed by atoms with E-state index < -0.39 is 38.0 Å². The summed E-state index contributed by atoms with van der Waals surface area (Å²) in [6.45, 7) is 0.400. The largest absolute Gasteiger partial charge is 0.306 e. The van der Waals surface area contributed by atoms with Crippen LogP contribution in [0.15, 0.2) is 17.0 Å². The number of hydrogen-bond donors (Lipinski definition) is 1. The van der Waals surface area contributed by atoms with E-state index in [1.54, 1.807) is 0 Å². The SMILES string of the molecule is Cc1cc(S(=O)(=O)NCCCF)cc([N+](=O)[O-])c1F. The highest BCUT2D eigenvalue weighted by atomic mass is 32.2. The minimum atomic E-state index is -4.02. The van der Waals surface area contributed by atoms with Gasteiger partial charge < -0.3 is 0 Å². The monoisotopic (exact) mass is 294 g/mol. The van der Waals surface area contributed by atoms with Crippen molar-refractivity contribution in [1.29, 1.82) is 0 Å². The number of halogens is 2. The van der Waals surface area contributed by atoms with Gasteiger partial charge in [-0.05, 0) is 25.0 Å². The number of nitrogens with one attached hydrogen (secondary N) is 1. The number of rotatable bonds is 6. The van der Waals surface area contributed by atoms with Crippen LogP contribution >= 0.6 is 0 Å². The first kappa shape index (κ1) is 15.4. The highest BCUT2D eigenvalue weighted by Gasteiger charge is 2.23. The zero-order valence-corrected chi connectivity index (χ0v) is 10.8. The lowest BCUT2D eigenvalue weighted by molar-refractivity contribution is -0.387. The van der Waals surface area contributed by atoms with Crippen molar-refractivity contribution in [3.05, 3.63) is 33.6 Å². The van der Waals surface area contributed by atoms with E-state index in [-0.39, 0.29) is 18.5 Å². The minimum Gasteiger partial charge on any atom is -0.258 e. The van der Waals surface area contributed by atoms with Gasteiger partial charge in [-0.15, -0.1) is 0 Å². The molecular weight excluding hydrogens is 282 g/mol. The summed E-state index contributed by atoms with van der Waals surface area (Å²) in [5.41, 5.74) is -1.06. The lowest BCUT2D eigenvalue weighted by atomic mass is 10.2. The third-order valence-electron chi connectivity index (χ3n) is 2.32. The Morgan fingerprint density at radius 3 is 2.58 bits per heavy atom. The standard InChI is InChI=1S/C10H12F2N2O4S/c1-7-5-8(6-9(10(7)12)14(15)16)19(17,18)13-4-2-3-11/h5-6,13H,2-4H2,1H3. The highest BCUT2D eigenvalue weighted by Crippen LogP contribution is 2.24. The topological polar surface area (TPSA) is 89.3 Å². The third-order valence-corrected chi connectivity index (χ3v) is 3.76. The Morgan fingerprint density at radius 2 is 2.05 bits per heavy atom. The molecule has 19 heavy (non-hydrogen) atoms. The maximum atomic E-state index is 13.4. The predicted octanol–water partition coefficient (Wildman–Crippen LogP) is 1.68. The fourth-order valence-electron chi connectivity index (χ4n) is 1.36. The summed E-state index contributed by atoms with van der Waals surface area (Å²) in [5.74, 6) is -1.08. The lowest BCUT2D eigenvalue weighted by Gasteiger charge is -2.07. The molecule has 0 bridgehead atoms. The fourth-order valence-corrected chi connectivity index (χ4v) is 2.54. The molecule has 1 rings (SSSR count). The first-order valence-electron chi connectivity index (χ1n) is 5.29. The second kappa shape index (κ2) is 6.02. The van der Waals surface area contributed by atoms with Gasteiger partial charge in [0.2, 0.25) is 15.8 Å². The van der Waals surface area contributed by atoms with Gasteiger partial charge in [0.25, 0.3) is 0 Å². The van der Waals surface area contributed by atoms with Crippen molar-refractivity contribution in [3.63, 3.8) is 0 Å². The molecule has 1 aromatic carbocycles. The van der Waals surface area contributed by atoms with E-state index in [9.17, 15) is 27.3 Å². The molecule has 0 spiro atoms.